The number of aromatic nitrogens is 4. The zero-order valence-corrected chi connectivity index (χ0v) is 35.1. The third kappa shape index (κ3) is 7.86. The SMILES string of the molecule is CCCCCCNC(=O)CC[C@@H]1c2[nH]c(cc3nc(cc4nc(cc5[nH]c6c2C(=O)N(CCCCCC)C(=O)c6c5C)C(CC)=C4C)C(C(C)OC)=C3C)[C@H]1C. The van der Waals surface area contributed by atoms with E-state index in [1.54, 1.807) is 7.11 Å². The fraction of sp³-hybridized carbons (Fsp3) is 0.543. The average molecular weight is 763 g/mol. The second kappa shape index (κ2) is 17.7. The van der Waals surface area contributed by atoms with E-state index < -0.39 is 0 Å². The van der Waals surface area contributed by atoms with Gasteiger partial charge in [0.25, 0.3) is 11.8 Å². The maximum atomic E-state index is 14.9. The van der Waals surface area contributed by atoms with Gasteiger partial charge in [-0.25, -0.2) is 9.97 Å². The van der Waals surface area contributed by atoms with Crippen LogP contribution in [-0.4, -0.2) is 68.9 Å². The maximum Gasteiger partial charge on any atom is 0.264 e. The second-order valence-corrected chi connectivity index (χ2v) is 16.0. The van der Waals surface area contributed by atoms with E-state index in [9.17, 15) is 14.4 Å². The van der Waals surface area contributed by atoms with Gasteiger partial charge in [-0.2, -0.15) is 0 Å². The standard InChI is InChI=1S/C46H62N6O4/c1-10-13-15-17-21-47-39(53)20-19-32-27(5)34-23-35-28(6)40(30(8)56-9)38(49-35)25-33-26(4)31(12-3)37(48-33)24-36-29(7)41-44(51-36)42(43(32)50-34)46(55)52(45(41)54)22-18-16-14-11-2/h23-25,27,30,32,50-51H,10-22H2,1-9H3,(H,47,53)/t27-,30?,32-/m0/s1. The molecule has 1 unspecified atom stereocenters. The molecule has 3 amide bonds. The van der Waals surface area contributed by atoms with Crippen LogP contribution in [0.2, 0.25) is 0 Å². The van der Waals surface area contributed by atoms with E-state index in [0.717, 1.165) is 125 Å². The number of fused-ring (bicyclic) bond motifs is 8. The van der Waals surface area contributed by atoms with E-state index in [1.165, 1.54) is 4.90 Å². The lowest BCUT2D eigenvalue weighted by molar-refractivity contribution is -0.121. The first-order valence-electron chi connectivity index (χ1n) is 21.1. The molecule has 4 aliphatic heterocycles. The quantitative estimate of drug-likeness (QED) is 0.115. The molecule has 3 atom stereocenters. The number of nitrogens with zero attached hydrogens (tertiary/aromatic N) is 3. The molecule has 0 spiro atoms. The van der Waals surface area contributed by atoms with Crippen molar-refractivity contribution >= 4 is 51.0 Å². The smallest absolute Gasteiger partial charge is 0.264 e. The summed E-state index contributed by atoms with van der Waals surface area (Å²) in [7, 11) is 1.72. The zero-order valence-electron chi connectivity index (χ0n) is 35.1. The van der Waals surface area contributed by atoms with Crippen LogP contribution in [0.25, 0.3) is 33.3 Å². The van der Waals surface area contributed by atoms with Crippen LogP contribution in [0, 0.1) is 6.92 Å². The van der Waals surface area contributed by atoms with E-state index in [1.807, 2.05) is 19.9 Å². The highest BCUT2D eigenvalue weighted by Gasteiger charge is 2.40. The Morgan fingerprint density at radius 3 is 2.23 bits per heavy atom. The molecule has 0 saturated carbocycles. The van der Waals surface area contributed by atoms with Crippen LogP contribution in [0.4, 0.5) is 0 Å². The Kier molecular flexibility index (Phi) is 13.0. The van der Waals surface area contributed by atoms with Crippen LogP contribution in [0.15, 0.2) is 18.2 Å². The van der Waals surface area contributed by atoms with Crippen LogP contribution < -0.4 is 5.32 Å². The molecule has 0 aromatic carbocycles. The van der Waals surface area contributed by atoms with E-state index in [2.05, 4.69) is 69.0 Å². The molecule has 0 fully saturated rings. The van der Waals surface area contributed by atoms with Gasteiger partial charge in [-0.1, -0.05) is 66.2 Å². The number of H-pyrrole nitrogens is 2. The summed E-state index contributed by atoms with van der Waals surface area (Å²) in [6, 6.07) is 6.19. The minimum Gasteiger partial charge on any atom is -0.377 e. The van der Waals surface area contributed by atoms with Crippen LogP contribution in [0.5, 0.6) is 0 Å². The number of aromatic amines is 2. The number of ether oxygens (including phenoxy) is 1. The van der Waals surface area contributed by atoms with Crippen molar-refractivity contribution in [2.24, 2.45) is 0 Å². The van der Waals surface area contributed by atoms with Crippen molar-refractivity contribution in [2.75, 3.05) is 20.2 Å². The van der Waals surface area contributed by atoms with Gasteiger partial charge in [0.05, 0.1) is 45.5 Å². The molecule has 0 radical (unpaired) electrons. The number of hydrogen-bond donors (Lipinski definition) is 3. The predicted molar refractivity (Wildman–Crippen MR) is 226 cm³/mol. The van der Waals surface area contributed by atoms with E-state index >= 15 is 0 Å². The molecule has 10 nitrogen and oxygen atoms in total. The van der Waals surface area contributed by atoms with Crippen LogP contribution >= 0.6 is 0 Å². The zero-order chi connectivity index (χ0) is 40.3. The summed E-state index contributed by atoms with van der Waals surface area (Å²) in [5.74, 6) is -0.811. The van der Waals surface area contributed by atoms with Gasteiger partial charge in [-0.15, -0.1) is 0 Å². The number of unbranched alkanes of at least 4 members (excludes halogenated alkanes) is 6. The Morgan fingerprint density at radius 2 is 1.54 bits per heavy atom. The average Bonchev–Trinajstić information content (AvgIpc) is 3.86. The summed E-state index contributed by atoms with van der Waals surface area (Å²) in [6.45, 7) is 17.8. The number of imide groups is 1. The summed E-state index contributed by atoms with van der Waals surface area (Å²) in [5, 5.41) is 3.13. The highest BCUT2D eigenvalue weighted by Crippen LogP contribution is 2.45. The molecule has 6 rings (SSSR count). The highest BCUT2D eigenvalue weighted by atomic mass is 16.5. The van der Waals surface area contributed by atoms with Crippen LogP contribution in [-0.2, 0) is 9.53 Å². The van der Waals surface area contributed by atoms with Gasteiger partial charge in [0.2, 0.25) is 5.91 Å². The van der Waals surface area contributed by atoms with Gasteiger partial charge in [-0.05, 0) is 93.9 Å². The molecular formula is C46H62N6O4. The van der Waals surface area contributed by atoms with Crippen molar-refractivity contribution in [1.82, 2.24) is 30.2 Å². The maximum absolute atomic E-state index is 14.9. The summed E-state index contributed by atoms with van der Waals surface area (Å²) < 4.78 is 5.89. The Labute approximate surface area is 332 Å². The van der Waals surface area contributed by atoms with Crippen molar-refractivity contribution < 1.29 is 19.1 Å². The summed E-state index contributed by atoms with van der Waals surface area (Å²) in [4.78, 5) is 61.7. The molecule has 56 heavy (non-hydrogen) atoms. The molecule has 6 heterocycles. The first-order chi connectivity index (χ1) is 26.9. The van der Waals surface area contributed by atoms with Crippen LogP contribution in [0.1, 0.15) is 191 Å². The Balaban J connectivity index is 1.62. The van der Waals surface area contributed by atoms with Crippen molar-refractivity contribution in [1.29, 1.82) is 0 Å². The summed E-state index contributed by atoms with van der Waals surface area (Å²) >= 11 is 0. The number of amides is 3. The first kappa shape index (κ1) is 41.1. The molecular weight excluding hydrogens is 701 g/mol. The number of carbonyl (C=O) groups excluding carboxylic acids is 3. The van der Waals surface area contributed by atoms with E-state index in [-0.39, 0.29) is 35.7 Å². The fourth-order valence-electron chi connectivity index (χ4n) is 8.86. The minimum atomic E-state index is -0.302. The second-order valence-electron chi connectivity index (χ2n) is 16.0. The molecule has 300 valence electrons. The van der Waals surface area contributed by atoms with E-state index in [4.69, 9.17) is 14.7 Å². The topological polar surface area (TPSA) is 133 Å². The molecule has 2 aromatic heterocycles. The minimum absolute atomic E-state index is 0.0141. The highest BCUT2D eigenvalue weighted by molar-refractivity contribution is 6.23. The van der Waals surface area contributed by atoms with Gasteiger partial charge < -0.3 is 20.0 Å². The van der Waals surface area contributed by atoms with Crippen molar-refractivity contribution in [2.45, 2.75) is 144 Å². The number of methoxy groups -OCH3 is 1. The lowest BCUT2D eigenvalue weighted by atomic mass is 9.84. The van der Waals surface area contributed by atoms with Crippen molar-refractivity contribution in [3.05, 3.63) is 69.1 Å². The van der Waals surface area contributed by atoms with Gasteiger partial charge >= 0.3 is 0 Å². The number of carbonyl (C=O) groups is 3. The number of allylic oxidation sites excluding steroid dienone is 3. The van der Waals surface area contributed by atoms with Gasteiger partial charge in [-0.3, -0.25) is 19.3 Å². The molecule has 2 aromatic rings. The predicted octanol–water partition coefficient (Wildman–Crippen LogP) is 10.2. The van der Waals surface area contributed by atoms with Gasteiger partial charge in [0, 0.05) is 60.9 Å². The van der Waals surface area contributed by atoms with Crippen molar-refractivity contribution in [3.63, 3.8) is 0 Å². The molecule has 10 heteroatoms. The molecule has 8 bridgehead atoms. The number of nitrogens with one attached hydrogen (secondary N) is 3. The molecule has 4 aliphatic rings. The number of rotatable bonds is 16. The van der Waals surface area contributed by atoms with Gasteiger partial charge in [0.15, 0.2) is 0 Å². The lowest BCUT2D eigenvalue weighted by Gasteiger charge is -2.27. The Hall–Kier alpha value is -4.57. The number of hydrogen-bond acceptors (Lipinski definition) is 6. The Morgan fingerprint density at radius 1 is 0.857 bits per heavy atom. The van der Waals surface area contributed by atoms with Crippen LogP contribution in [0.3, 0.4) is 0 Å². The summed E-state index contributed by atoms with van der Waals surface area (Å²) in [5.41, 5.74) is 12.3. The third-order valence-electron chi connectivity index (χ3n) is 12.4. The van der Waals surface area contributed by atoms with Crippen molar-refractivity contribution in [3.8, 4) is 0 Å². The molecule has 3 N–H and O–H groups in total. The molecule has 0 saturated heterocycles. The van der Waals surface area contributed by atoms with E-state index in [0.29, 0.717) is 42.6 Å². The molecule has 0 aliphatic carbocycles. The van der Waals surface area contributed by atoms with Gasteiger partial charge in [0.1, 0.15) is 0 Å². The fourth-order valence-corrected chi connectivity index (χ4v) is 8.86. The first-order valence-corrected chi connectivity index (χ1v) is 21.1. The largest absolute Gasteiger partial charge is 0.377 e. The monoisotopic (exact) mass is 762 g/mol. The lowest BCUT2D eigenvalue weighted by Crippen LogP contribution is -2.41. The number of aryl methyl sites for hydroxylation is 1. The third-order valence-corrected chi connectivity index (χ3v) is 12.4. The summed E-state index contributed by atoms with van der Waals surface area (Å²) in [6.07, 6.45) is 9.58. The normalized spacial score (nSPS) is 17.9. The Bertz CT molecular complexity index is 2140.